The Kier molecular flexibility index (Phi) is 6.12. The standard InChI is InChI=1S/C21H19ClN4S2/c1-15(16-7-9-17(10-8-16)26-12-11-23-14-26)24-13-19-20(22)25-21(28-19)27-18-5-3-2-4-6-18/h2-12,14-15,24H,13H2,1H3. The molecule has 4 nitrogen and oxygen atoms in total. The van der Waals surface area contributed by atoms with Crippen LogP contribution in [0.4, 0.5) is 0 Å². The fraction of sp³-hybridized carbons (Fsp3) is 0.143. The summed E-state index contributed by atoms with van der Waals surface area (Å²) in [6.45, 7) is 2.84. The van der Waals surface area contributed by atoms with Crippen molar-refractivity contribution in [1.29, 1.82) is 0 Å². The summed E-state index contributed by atoms with van der Waals surface area (Å²) in [4.78, 5) is 10.8. The highest BCUT2D eigenvalue weighted by Crippen LogP contribution is 2.35. The van der Waals surface area contributed by atoms with Crippen LogP contribution in [0.1, 0.15) is 23.4 Å². The molecule has 7 heteroatoms. The summed E-state index contributed by atoms with van der Waals surface area (Å²) < 4.78 is 2.95. The summed E-state index contributed by atoms with van der Waals surface area (Å²) in [7, 11) is 0. The van der Waals surface area contributed by atoms with Crippen molar-refractivity contribution in [3.05, 3.63) is 88.9 Å². The van der Waals surface area contributed by atoms with Gasteiger partial charge in [-0.3, -0.25) is 0 Å². The van der Waals surface area contributed by atoms with Gasteiger partial charge in [0.1, 0.15) is 5.15 Å². The molecule has 1 N–H and O–H groups in total. The summed E-state index contributed by atoms with van der Waals surface area (Å²) in [5.74, 6) is 0. The Morgan fingerprint density at radius 2 is 1.93 bits per heavy atom. The zero-order valence-electron chi connectivity index (χ0n) is 15.2. The number of hydrogen-bond donors (Lipinski definition) is 1. The molecule has 0 spiro atoms. The molecule has 4 aromatic rings. The van der Waals surface area contributed by atoms with Crippen LogP contribution in [-0.2, 0) is 6.54 Å². The second-order valence-corrected chi connectivity index (χ2v) is 9.04. The van der Waals surface area contributed by atoms with Crippen LogP contribution in [0, 0.1) is 0 Å². The lowest BCUT2D eigenvalue weighted by Crippen LogP contribution is -2.17. The molecule has 0 saturated carbocycles. The van der Waals surface area contributed by atoms with Gasteiger partial charge in [-0.25, -0.2) is 9.97 Å². The van der Waals surface area contributed by atoms with Crippen LogP contribution in [0.25, 0.3) is 5.69 Å². The summed E-state index contributed by atoms with van der Waals surface area (Å²) in [6.07, 6.45) is 5.52. The van der Waals surface area contributed by atoms with Gasteiger partial charge < -0.3 is 9.88 Å². The summed E-state index contributed by atoms with van der Waals surface area (Å²) in [5.41, 5.74) is 2.32. The van der Waals surface area contributed by atoms with E-state index >= 15 is 0 Å². The molecule has 0 aliphatic carbocycles. The van der Waals surface area contributed by atoms with Gasteiger partial charge in [0, 0.05) is 35.6 Å². The van der Waals surface area contributed by atoms with Gasteiger partial charge in [-0.2, -0.15) is 0 Å². The smallest absolute Gasteiger partial charge is 0.156 e. The first-order valence-corrected chi connectivity index (χ1v) is 10.9. The first-order chi connectivity index (χ1) is 13.7. The highest BCUT2D eigenvalue weighted by Gasteiger charge is 2.12. The van der Waals surface area contributed by atoms with Gasteiger partial charge >= 0.3 is 0 Å². The predicted molar refractivity (Wildman–Crippen MR) is 117 cm³/mol. The third-order valence-electron chi connectivity index (χ3n) is 4.34. The number of imidazole rings is 1. The number of nitrogens with zero attached hydrogens (tertiary/aromatic N) is 3. The minimum atomic E-state index is 0.209. The molecule has 0 amide bonds. The molecule has 0 bridgehead atoms. The van der Waals surface area contributed by atoms with E-state index < -0.39 is 0 Å². The highest BCUT2D eigenvalue weighted by atomic mass is 35.5. The van der Waals surface area contributed by atoms with E-state index in [-0.39, 0.29) is 6.04 Å². The van der Waals surface area contributed by atoms with Crippen molar-refractivity contribution in [1.82, 2.24) is 19.9 Å². The molecule has 2 heterocycles. The first kappa shape index (κ1) is 19.2. The molecular formula is C21H19ClN4S2. The van der Waals surface area contributed by atoms with Gasteiger partial charge in [0.25, 0.3) is 0 Å². The zero-order valence-corrected chi connectivity index (χ0v) is 17.6. The Balaban J connectivity index is 1.37. The van der Waals surface area contributed by atoms with E-state index in [2.05, 4.69) is 58.6 Å². The lowest BCUT2D eigenvalue weighted by atomic mass is 10.1. The fourth-order valence-electron chi connectivity index (χ4n) is 2.77. The maximum atomic E-state index is 6.36. The van der Waals surface area contributed by atoms with Crippen LogP contribution in [0.2, 0.25) is 5.15 Å². The number of nitrogens with one attached hydrogen (secondary N) is 1. The van der Waals surface area contributed by atoms with Gasteiger partial charge in [0.15, 0.2) is 4.34 Å². The van der Waals surface area contributed by atoms with Gasteiger partial charge in [0.2, 0.25) is 0 Å². The minimum absolute atomic E-state index is 0.209. The zero-order chi connectivity index (χ0) is 19.3. The second kappa shape index (κ2) is 8.92. The van der Waals surface area contributed by atoms with Crippen LogP contribution in [0.15, 0.2) is 82.6 Å². The molecular weight excluding hydrogens is 408 g/mol. The number of hydrogen-bond acceptors (Lipinski definition) is 5. The van der Waals surface area contributed by atoms with Crippen molar-refractivity contribution in [3.8, 4) is 5.69 Å². The third-order valence-corrected chi connectivity index (χ3v) is 6.89. The molecule has 2 aromatic heterocycles. The van der Waals surface area contributed by atoms with E-state index in [1.165, 1.54) is 10.5 Å². The Labute approximate surface area is 177 Å². The van der Waals surface area contributed by atoms with Gasteiger partial charge in [0.05, 0.1) is 11.2 Å². The second-order valence-electron chi connectivity index (χ2n) is 6.27. The number of rotatable bonds is 7. The van der Waals surface area contributed by atoms with Crippen LogP contribution >= 0.6 is 34.7 Å². The largest absolute Gasteiger partial charge is 0.306 e. The monoisotopic (exact) mass is 426 g/mol. The Hall–Kier alpha value is -2.12. The van der Waals surface area contributed by atoms with E-state index in [0.717, 1.165) is 14.9 Å². The minimum Gasteiger partial charge on any atom is -0.306 e. The normalized spacial score (nSPS) is 12.2. The van der Waals surface area contributed by atoms with Crippen molar-refractivity contribution >= 4 is 34.7 Å². The molecule has 142 valence electrons. The van der Waals surface area contributed by atoms with Crippen molar-refractivity contribution in [2.45, 2.75) is 28.7 Å². The average molecular weight is 427 g/mol. The average Bonchev–Trinajstić information content (AvgIpc) is 3.37. The number of aromatic nitrogens is 3. The Morgan fingerprint density at radius 1 is 1.14 bits per heavy atom. The maximum absolute atomic E-state index is 6.36. The predicted octanol–water partition coefficient (Wildman–Crippen LogP) is 5.98. The SMILES string of the molecule is CC(NCc1sc(Sc2ccccc2)nc1Cl)c1ccc(-n2ccnc2)cc1. The molecule has 2 aromatic carbocycles. The summed E-state index contributed by atoms with van der Waals surface area (Å²) >= 11 is 9.64. The van der Waals surface area contributed by atoms with E-state index in [1.54, 1.807) is 35.6 Å². The van der Waals surface area contributed by atoms with Crippen molar-refractivity contribution in [2.75, 3.05) is 0 Å². The summed E-state index contributed by atoms with van der Waals surface area (Å²) in [6, 6.07) is 18.9. The molecule has 0 aliphatic heterocycles. The molecule has 28 heavy (non-hydrogen) atoms. The molecule has 0 fully saturated rings. The molecule has 0 aliphatic rings. The van der Waals surface area contributed by atoms with Crippen LogP contribution < -0.4 is 5.32 Å². The van der Waals surface area contributed by atoms with Gasteiger partial charge in [-0.1, -0.05) is 53.7 Å². The van der Waals surface area contributed by atoms with E-state index in [1.807, 2.05) is 29.0 Å². The lowest BCUT2D eigenvalue weighted by Gasteiger charge is -2.14. The Morgan fingerprint density at radius 3 is 2.64 bits per heavy atom. The highest BCUT2D eigenvalue weighted by molar-refractivity contribution is 8.01. The van der Waals surface area contributed by atoms with Crippen molar-refractivity contribution in [2.24, 2.45) is 0 Å². The first-order valence-electron chi connectivity index (χ1n) is 8.89. The van der Waals surface area contributed by atoms with E-state index in [9.17, 15) is 0 Å². The van der Waals surface area contributed by atoms with Crippen molar-refractivity contribution in [3.63, 3.8) is 0 Å². The molecule has 1 atom stereocenters. The van der Waals surface area contributed by atoms with Crippen LogP contribution in [0.5, 0.6) is 0 Å². The van der Waals surface area contributed by atoms with Gasteiger partial charge in [-0.05, 0) is 36.8 Å². The molecule has 1 unspecified atom stereocenters. The van der Waals surface area contributed by atoms with Crippen LogP contribution in [-0.4, -0.2) is 14.5 Å². The fourth-order valence-corrected chi connectivity index (χ4v) is 5.15. The molecule has 4 rings (SSSR count). The van der Waals surface area contributed by atoms with E-state index in [4.69, 9.17) is 11.6 Å². The Bertz CT molecular complexity index is 1010. The maximum Gasteiger partial charge on any atom is 0.156 e. The summed E-state index contributed by atoms with van der Waals surface area (Å²) in [5, 5.41) is 4.13. The lowest BCUT2D eigenvalue weighted by molar-refractivity contribution is 0.578. The van der Waals surface area contributed by atoms with Crippen LogP contribution in [0.3, 0.4) is 0 Å². The van der Waals surface area contributed by atoms with Gasteiger partial charge in [-0.15, -0.1) is 11.3 Å². The molecule has 0 saturated heterocycles. The molecule has 0 radical (unpaired) electrons. The van der Waals surface area contributed by atoms with E-state index in [0.29, 0.717) is 11.7 Å². The quantitative estimate of drug-likeness (QED) is 0.394. The third kappa shape index (κ3) is 4.64. The number of halogens is 1. The topological polar surface area (TPSA) is 42.7 Å². The number of thiazole rings is 1. The number of benzene rings is 2. The van der Waals surface area contributed by atoms with Crippen molar-refractivity contribution < 1.29 is 0 Å².